The monoisotopic (exact) mass is 281 g/mol. The van der Waals surface area contributed by atoms with Crippen molar-refractivity contribution in [2.75, 3.05) is 13.7 Å². The fourth-order valence-corrected chi connectivity index (χ4v) is 3.67. The van der Waals surface area contributed by atoms with Crippen molar-refractivity contribution in [2.45, 2.75) is 75.5 Å². The Morgan fingerprint density at radius 1 is 1.20 bits per heavy atom. The van der Waals surface area contributed by atoms with Crippen LogP contribution in [0.1, 0.15) is 57.8 Å². The first-order valence-electron chi connectivity index (χ1n) is 8.22. The summed E-state index contributed by atoms with van der Waals surface area (Å²) in [7, 11) is 1.51. The van der Waals surface area contributed by atoms with Crippen LogP contribution in [0.5, 0.6) is 0 Å². The molecule has 0 aromatic carbocycles. The van der Waals surface area contributed by atoms with E-state index >= 15 is 0 Å². The molecule has 0 radical (unpaired) electrons. The Balaban J connectivity index is 1.58. The lowest BCUT2D eigenvalue weighted by atomic mass is 9.84. The molecule has 4 heteroatoms. The molecule has 3 aliphatic carbocycles. The lowest BCUT2D eigenvalue weighted by Crippen LogP contribution is -2.56. The Morgan fingerprint density at radius 2 is 2.00 bits per heavy atom. The molecule has 0 saturated heterocycles. The van der Waals surface area contributed by atoms with Gasteiger partial charge in [0.2, 0.25) is 0 Å². The maximum Gasteiger partial charge on any atom is 0.326 e. The molecule has 0 spiro atoms. The summed E-state index contributed by atoms with van der Waals surface area (Å²) in [6, 6.07) is 0.530. The van der Waals surface area contributed by atoms with Crippen LogP contribution in [-0.2, 0) is 14.3 Å². The van der Waals surface area contributed by atoms with Gasteiger partial charge in [-0.2, -0.15) is 0 Å². The van der Waals surface area contributed by atoms with Crippen LogP contribution in [0.25, 0.3) is 0 Å². The van der Waals surface area contributed by atoms with Gasteiger partial charge in [0.1, 0.15) is 5.54 Å². The molecule has 20 heavy (non-hydrogen) atoms. The van der Waals surface area contributed by atoms with Gasteiger partial charge in [-0.25, -0.2) is 0 Å². The van der Waals surface area contributed by atoms with Crippen molar-refractivity contribution < 1.29 is 14.3 Å². The molecule has 0 aromatic heterocycles. The van der Waals surface area contributed by atoms with E-state index in [0.29, 0.717) is 18.1 Å². The number of ether oxygens (including phenoxy) is 2. The largest absolute Gasteiger partial charge is 0.468 e. The number of nitrogens with one attached hydrogen (secondary N) is 1. The highest BCUT2D eigenvalue weighted by Crippen LogP contribution is 2.41. The van der Waals surface area contributed by atoms with Gasteiger partial charge in [-0.05, 0) is 57.3 Å². The van der Waals surface area contributed by atoms with Crippen molar-refractivity contribution in [1.29, 1.82) is 0 Å². The fraction of sp³-hybridized carbons (Fsp3) is 0.938. The topological polar surface area (TPSA) is 47.6 Å². The number of rotatable bonds is 7. The van der Waals surface area contributed by atoms with Gasteiger partial charge in [0.05, 0.1) is 13.2 Å². The molecule has 3 rings (SSSR count). The summed E-state index contributed by atoms with van der Waals surface area (Å²) in [6.45, 7) is 0.792. The lowest BCUT2D eigenvalue weighted by molar-refractivity contribution is -0.151. The molecule has 0 heterocycles. The van der Waals surface area contributed by atoms with Crippen molar-refractivity contribution >= 4 is 5.97 Å². The molecule has 0 aliphatic heterocycles. The van der Waals surface area contributed by atoms with E-state index in [-0.39, 0.29) is 5.97 Å². The maximum absolute atomic E-state index is 12.3. The van der Waals surface area contributed by atoms with E-state index in [1.165, 1.54) is 39.2 Å². The maximum atomic E-state index is 12.3. The van der Waals surface area contributed by atoms with E-state index in [1.807, 2.05) is 0 Å². The molecular formula is C16H27NO3. The average molecular weight is 281 g/mol. The molecular weight excluding hydrogens is 254 g/mol. The molecule has 1 N–H and O–H groups in total. The number of hydrogen-bond acceptors (Lipinski definition) is 4. The predicted molar refractivity (Wildman–Crippen MR) is 76.5 cm³/mol. The van der Waals surface area contributed by atoms with Crippen LogP contribution >= 0.6 is 0 Å². The highest BCUT2D eigenvalue weighted by atomic mass is 16.5. The zero-order valence-electron chi connectivity index (χ0n) is 12.5. The van der Waals surface area contributed by atoms with Gasteiger partial charge in [-0.1, -0.05) is 6.42 Å². The lowest BCUT2D eigenvalue weighted by Gasteiger charge is -2.35. The Morgan fingerprint density at radius 3 is 2.60 bits per heavy atom. The molecule has 0 amide bonds. The second-order valence-electron chi connectivity index (χ2n) is 6.68. The first-order valence-corrected chi connectivity index (χ1v) is 8.22. The number of carbonyl (C=O) groups excluding carboxylic acids is 1. The summed E-state index contributed by atoms with van der Waals surface area (Å²) >= 11 is 0. The normalized spacial score (nSPS) is 34.0. The first-order chi connectivity index (χ1) is 9.74. The number of hydrogen-bond donors (Lipinski definition) is 1. The zero-order valence-corrected chi connectivity index (χ0v) is 12.5. The molecule has 114 valence electrons. The molecule has 2 unspecified atom stereocenters. The van der Waals surface area contributed by atoms with Gasteiger partial charge in [0.25, 0.3) is 0 Å². The van der Waals surface area contributed by atoms with Crippen LogP contribution in [0.2, 0.25) is 0 Å². The summed E-state index contributed by atoms with van der Waals surface area (Å²) in [5.41, 5.74) is -0.432. The molecule has 3 saturated carbocycles. The van der Waals surface area contributed by atoms with E-state index in [0.717, 1.165) is 32.3 Å². The van der Waals surface area contributed by atoms with E-state index < -0.39 is 5.54 Å². The Bertz CT molecular complexity index is 352. The highest BCUT2D eigenvalue weighted by molar-refractivity contribution is 5.81. The molecule has 3 fully saturated rings. The van der Waals surface area contributed by atoms with E-state index in [4.69, 9.17) is 9.47 Å². The summed E-state index contributed by atoms with van der Waals surface area (Å²) in [5.74, 6) is 0.311. The fourth-order valence-electron chi connectivity index (χ4n) is 3.67. The second-order valence-corrected chi connectivity index (χ2v) is 6.68. The molecule has 0 aromatic rings. The van der Waals surface area contributed by atoms with Crippen molar-refractivity contribution in [3.05, 3.63) is 0 Å². The second kappa shape index (κ2) is 6.02. The van der Waals surface area contributed by atoms with E-state index in [9.17, 15) is 4.79 Å². The van der Waals surface area contributed by atoms with Crippen LogP contribution in [-0.4, -0.2) is 37.4 Å². The van der Waals surface area contributed by atoms with Gasteiger partial charge in [-0.3, -0.25) is 10.1 Å². The number of carbonyl (C=O) groups is 1. The van der Waals surface area contributed by atoms with Crippen molar-refractivity contribution in [3.63, 3.8) is 0 Å². The molecule has 4 nitrogen and oxygen atoms in total. The van der Waals surface area contributed by atoms with Crippen LogP contribution in [0.15, 0.2) is 0 Å². The third-order valence-corrected chi connectivity index (χ3v) is 5.28. The minimum atomic E-state index is -0.432. The van der Waals surface area contributed by atoms with Crippen molar-refractivity contribution in [2.24, 2.45) is 5.92 Å². The van der Waals surface area contributed by atoms with Crippen molar-refractivity contribution in [3.8, 4) is 0 Å². The third-order valence-electron chi connectivity index (χ3n) is 5.28. The van der Waals surface area contributed by atoms with Crippen LogP contribution in [0.4, 0.5) is 0 Å². The summed E-state index contributed by atoms with van der Waals surface area (Å²) < 4.78 is 11.0. The SMILES string of the molecule is COC(=O)C1(NC2CC2)CCCC1CCOC1CCC1. The smallest absolute Gasteiger partial charge is 0.326 e. The standard InChI is InChI=1S/C16H27NO3/c1-19-15(18)16(17-13-7-8-13)10-3-4-12(16)9-11-20-14-5-2-6-14/h12-14,17H,2-11H2,1H3. The predicted octanol–water partition coefficient (Wildman–Crippen LogP) is 2.41. The molecule has 2 atom stereocenters. The Hall–Kier alpha value is -0.610. The summed E-state index contributed by atoms with van der Waals surface area (Å²) in [4.78, 5) is 12.3. The Kier molecular flexibility index (Phi) is 4.32. The minimum absolute atomic E-state index is 0.0597. The number of methoxy groups -OCH3 is 1. The molecule has 3 aliphatic rings. The van der Waals surface area contributed by atoms with Crippen LogP contribution < -0.4 is 5.32 Å². The summed E-state index contributed by atoms with van der Waals surface area (Å²) in [6.07, 6.45) is 10.7. The third kappa shape index (κ3) is 2.86. The minimum Gasteiger partial charge on any atom is -0.468 e. The van der Waals surface area contributed by atoms with E-state index in [1.54, 1.807) is 0 Å². The Labute approximate surface area is 121 Å². The van der Waals surface area contributed by atoms with E-state index in [2.05, 4.69) is 5.32 Å². The van der Waals surface area contributed by atoms with Gasteiger partial charge >= 0.3 is 5.97 Å². The quantitative estimate of drug-likeness (QED) is 0.728. The zero-order chi connectivity index (χ0) is 14.0. The van der Waals surface area contributed by atoms with Gasteiger partial charge < -0.3 is 9.47 Å². The van der Waals surface area contributed by atoms with Gasteiger partial charge in [0.15, 0.2) is 0 Å². The van der Waals surface area contributed by atoms with Crippen molar-refractivity contribution in [1.82, 2.24) is 5.32 Å². The van der Waals surface area contributed by atoms with Crippen LogP contribution in [0.3, 0.4) is 0 Å². The highest BCUT2D eigenvalue weighted by Gasteiger charge is 2.51. The molecule has 0 bridgehead atoms. The average Bonchev–Trinajstić information content (AvgIpc) is 3.12. The first kappa shape index (κ1) is 14.3. The van der Waals surface area contributed by atoms with Crippen LogP contribution in [0, 0.1) is 5.92 Å². The summed E-state index contributed by atoms with van der Waals surface area (Å²) in [5, 5.41) is 3.60. The van der Waals surface area contributed by atoms with Gasteiger partial charge in [0, 0.05) is 12.6 Å². The number of esters is 1. The van der Waals surface area contributed by atoms with Gasteiger partial charge in [-0.15, -0.1) is 0 Å².